The Morgan fingerprint density at radius 3 is 2.56 bits per heavy atom. The summed E-state index contributed by atoms with van der Waals surface area (Å²) in [7, 11) is 0. The van der Waals surface area contributed by atoms with E-state index < -0.39 is 0 Å². The molecule has 96 valence electrons. The van der Waals surface area contributed by atoms with Crippen molar-refractivity contribution in [3.8, 4) is 0 Å². The largest absolute Gasteiger partial charge is 0.376 e. The average molecular weight is 246 g/mol. The molecule has 0 aliphatic carbocycles. The molecule has 0 spiro atoms. The van der Waals surface area contributed by atoms with Gasteiger partial charge in [0.1, 0.15) is 0 Å². The Morgan fingerprint density at radius 2 is 1.94 bits per heavy atom. The molecular formula is C14H18N2O2. The molecule has 0 N–H and O–H groups in total. The van der Waals surface area contributed by atoms with Crippen molar-refractivity contribution in [2.24, 2.45) is 0 Å². The second-order valence-corrected chi connectivity index (χ2v) is 5.01. The third-order valence-electron chi connectivity index (χ3n) is 2.68. The van der Waals surface area contributed by atoms with Crippen LogP contribution in [0, 0.1) is 6.92 Å². The summed E-state index contributed by atoms with van der Waals surface area (Å²) in [6.07, 6.45) is 0. The van der Waals surface area contributed by atoms with E-state index in [4.69, 9.17) is 9.26 Å². The highest BCUT2D eigenvalue weighted by atomic mass is 16.5. The van der Waals surface area contributed by atoms with E-state index in [9.17, 15) is 0 Å². The number of aromatic nitrogens is 2. The predicted octanol–water partition coefficient (Wildman–Crippen LogP) is 2.87. The number of rotatable bonds is 5. The van der Waals surface area contributed by atoms with Gasteiger partial charge < -0.3 is 9.26 Å². The van der Waals surface area contributed by atoms with Crippen molar-refractivity contribution in [3.63, 3.8) is 0 Å². The molecule has 0 saturated heterocycles. The number of nitrogens with zero attached hydrogens (tertiary/aromatic N) is 2. The zero-order valence-corrected chi connectivity index (χ0v) is 11.0. The van der Waals surface area contributed by atoms with Crippen molar-refractivity contribution in [2.45, 2.75) is 32.8 Å². The Bertz CT molecular complexity index is 492. The second kappa shape index (κ2) is 5.31. The summed E-state index contributed by atoms with van der Waals surface area (Å²) in [6.45, 7) is 7.02. The van der Waals surface area contributed by atoms with E-state index >= 15 is 0 Å². The fraction of sp³-hybridized carbons (Fsp3) is 0.429. The maximum Gasteiger partial charge on any atom is 0.234 e. The summed E-state index contributed by atoms with van der Waals surface area (Å²) in [5.41, 5.74) is 0.894. The van der Waals surface area contributed by atoms with E-state index in [-0.39, 0.29) is 5.41 Å². The Morgan fingerprint density at radius 1 is 1.22 bits per heavy atom. The van der Waals surface area contributed by atoms with E-state index in [0.717, 1.165) is 5.56 Å². The number of hydrogen-bond acceptors (Lipinski definition) is 4. The lowest BCUT2D eigenvalue weighted by molar-refractivity contribution is 0.0704. The molecular weight excluding hydrogens is 228 g/mol. The highest BCUT2D eigenvalue weighted by Gasteiger charge is 2.27. The molecule has 0 aliphatic heterocycles. The van der Waals surface area contributed by atoms with Gasteiger partial charge in [-0.15, -0.1) is 0 Å². The molecule has 4 nitrogen and oxygen atoms in total. The van der Waals surface area contributed by atoms with Gasteiger partial charge in [0.25, 0.3) is 0 Å². The van der Waals surface area contributed by atoms with Gasteiger partial charge in [-0.1, -0.05) is 35.5 Å². The lowest BCUT2D eigenvalue weighted by Gasteiger charge is -2.19. The summed E-state index contributed by atoms with van der Waals surface area (Å²) in [6, 6.07) is 10.1. The van der Waals surface area contributed by atoms with Crippen molar-refractivity contribution in [3.05, 3.63) is 47.6 Å². The van der Waals surface area contributed by atoms with Gasteiger partial charge in [-0.2, -0.15) is 4.98 Å². The van der Waals surface area contributed by atoms with E-state index in [1.165, 1.54) is 0 Å². The van der Waals surface area contributed by atoms with Crippen LogP contribution in [0.1, 0.15) is 31.1 Å². The van der Waals surface area contributed by atoms with Crippen LogP contribution < -0.4 is 0 Å². The Labute approximate surface area is 107 Å². The van der Waals surface area contributed by atoms with Crippen LogP contribution in [0.5, 0.6) is 0 Å². The van der Waals surface area contributed by atoms with E-state index in [1.54, 1.807) is 0 Å². The molecule has 0 radical (unpaired) electrons. The Kier molecular flexibility index (Phi) is 3.77. The van der Waals surface area contributed by atoms with Crippen molar-refractivity contribution < 1.29 is 9.26 Å². The molecule has 4 heteroatoms. The van der Waals surface area contributed by atoms with Gasteiger partial charge in [0.15, 0.2) is 5.82 Å². The topological polar surface area (TPSA) is 48.2 Å². The van der Waals surface area contributed by atoms with Crippen molar-refractivity contribution in [1.29, 1.82) is 0 Å². The van der Waals surface area contributed by atoms with E-state index in [0.29, 0.717) is 24.9 Å². The van der Waals surface area contributed by atoms with Gasteiger partial charge in [0.05, 0.1) is 18.6 Å². The molecule has 1 aromatic carbocycles. The minimum atomic E-state index is -0.268. The van der Waals surface area contributed by atoms with Gasteiger partial charge in [0, 0.05) is 0 Å². The van der Waals surface area contributed by atoms with Crippen LogP contribution in [0.15, 0.2) is 34.9 Å². The summed E-state index contributed by atoms with van der Waals surface area (Å²) >= 11 is 0. The maximum atomic E-state index is 5.72. The predicted molar refractivity (Wildman–Crippen MR) is 68.2 cm³/mol. The molecule has 0 saturated carbocycles. The molecule has 2 rings (SSSR count). The third kappa shape index (κ3) is 3.17. The molecule has 0 atom stereocenters. The Hall–Kier alpha value is -1.68. The van der Waals surface area contributed by atoms with E-state index in [1.807, 2.05) is 51.1 Å². The number of aryl methyl sites for hydroxylation is 1. The van der Waals surface area contributed by atoms with Gasteiger partial charge in [-0.3, -0.25) is 0 Å². The summed E-state index contributed by atoms with van der Waals surface area (Å²) in [4.78, 5) is 4.25. The zero-order valence-electron chi connectivity index (χ0n) is 11.0. The smallest absolute Gasteiger partial charge is 0.234 e. The van der Waals surface area contributed by atoms with Crippen molar-refractivity contribution >= 4 is 0 Å². The molecule has 0 aliphatic rings. The van der Waals surface area contributed by atoms with Crippen LogP contribution in [0.25, 0.3) is 0 Å². The lowest BCUT2D eigenvalue weighted by Crippen LogP contribution is -2.24. The summed E-state index contributed by atoms with van der Waals surface area (Å²) in [5, 5.41) is 3.81. The van der Waals surface area contributed by atoms with Crippen molar-refractivity contribution in [1.82, 2.24) is 10.1 Å². The monoisotopic (exact) mass is 246 g/mol. The normalized spacial score (nSPS) is 11.7. The molecule has 2 aromatic rings. The minimum Gasteiger partial charge on any atom is -0.376 e. The molecule has 0 fully saturated rings. The first-order chi connectivity index (χ1) is 8.58. The highest BCUT2D eigenvalue weighted by molar-refractivity contribution is 5.13. The van der Waals surface area contributed by atoms with Crippen LogP contribution in [0.2, 0.25) is 0 Å². The first-order valence-corrected chi connectivity index (χ1v) is 6.00. The number of benzene rings is 1. The van der Waals surface area contributed by atoms with E-state index in [2.05, 4.69) is 10.1 Å². The van der Waals surface area contributed by atoms with Crippen LogP contribution in [-0.4, -0.2) is 16.7 Å². The van der Waals surface area contributed by atoms with Gasteiger partial charge in [0.2, 0.25) is 5.89 Å². The van der Waals surface area contributed by atoms with Crippen LogP contribution in [0.3, 0.4) is 0 Å². The highest BCUT2D eigenvalue weighted by Crippen LogP contribution is 2.22. The molecule has 0 bridgehead atoms. The molecule has 1 heterocycles. The van der Waals surface area contributed by atoms with Gasteiger partial charge in [-0.25, -0.2) is 0 Å². The van der Waals surface area contributed by atoms with Crippen LogP contribution in [-0.2, 0) is 16.8 Å². The summed E-state index contributed by atoms with van der Waals surface area (Å²) < 4.78 is 10.9. The average Bonchev–Trinajstić information content (AvgIpc) is 2.78. The SMILES string of the molecule is Cc1noc(C(C)(C)COCc2ccccc2)n1. The first-order valence-electron chi connectivity index (χ1n) is 6.00. The zero-order chi connectivity index (χ0) is 13.0. The second-order valence-electron chi connectivity index (χ2n) is 5.01. The van der Waals surface area contributed by atoms with Gasteiger partial charge >= 0.3 is 0 Å². The van der Waals surface area contributed by atoms with Crippen molar-refractivity contribution in [2.75, 3.05) is 6.61 Å². The number of ether oxygens (including phenoxy) is 1. The molecule has 0 unspecified atom stereocenters. The fourth-order valence-corrected chi connectivity index (χ4v) is 1.63. The summed E-state index contributed by atoms with van der Waals surface area (Å²) in [5.74, 6) is 1.27. The fourth-order valence-electron chi connectivity index (χ4n) is 1.63. The van der Waals surface area contributed by atoms with Crippen LogP contribution >= 0.6 is 0 Å². The maximum absolute atomic E-state index is 5.72. The van der Waals surface area contributed by atoms with Gasteiger partial charge in [-0.05, 0) is 26.3 Å². The molecule has 1 aromatic heterocycles. The first kappa shape index (κ1) is 12.8. The lowest BCUT2D eigenvalue weighted by atomic mass is 9.95. The molecule has 0 amide bonds. The standard InChI is InChI=1S/C14H18N2O2/c1-11-15-13(18-16-11)14(2,3)10-17-9-12-7-5-4-6-8-12/h4-8H,9-10H2,1-3H3. The van der Waals surface area contributed by atoms with Crippen LogP contribution in [0.4, 0.5) is 0 Å². The molecule has 18 heavy (non-hydrogen) atoms. The quantitative estimate of drug-likeness (QED) is 0.814. The number of hydrogen-bond donors (Lipinski definition) is 0. The minimum absolute atomic E-state index is 0.268. The third-order valence-corrected chi connectivity index (χ3v) is 2.68. The Balaban J connectivity index is 1.89.